The summed E-state index contributed by atoms with van der Waals surface area (Å²) in [6.45, 7) is 9.82. The zero-order valence-corrected chi connectivity index (χ0v) is 13.1. The van der Waals surface area contributed by atoms with Crippen LogP contribution in [0.2, 0.25) is 0 Å². The molecule has 1 heterocycles. The van der Waals surface area contributed by atoms with Gasteiger partial charge in [-0.05, 0) is 59.8 Å². The van der Waals surface area contributed by atoms with Gasteiger partial charge < -0.3 is 9.94 Å². The molecule has 1 aliphatic carbocycles. The van der Waals surface area contributed by atoms with Crippen LogP contribution in [0.25, 0.3) is 0 Å². The van der Waals surface area contributed by atoms with Crippen molar-refractivity contribution in [1.82, 2.24) is 4.90 Å². The molecular weight excluding hydrogens is 256 g/mol. The molecule has 2 rings (SSSR count). The Bertz CT molecular complexity index is 427. The molecule has 3 atom stereocenters. The summed E-state index contributed by atoms with van der Waals surface area (Å²) in [7, 11) is 0. The highest BCUT2D eigenvalue weighted by atomic mass is 16.6. The summed E-state index contributed by atoms with van der Waals surface area (Å²) in [6.07, 6.45) is 3.11. The van der Waals surface area contributed by atoms with Crippen molar-refractivity contribution in [2.45, 2.75) is 77.5 Å². The fraction of sp³-hybridized carbons (Fsp3) is 0.867. The number of hydrogen-bond donors (Lipinski definition) is 1. The number of carbonyl (C=O) groups excluding carboxylic acids is 1. The molecule has 114 valence electrons. The first-order valence-electron chi connectivity index (χ1n) is 7.38. The molecular formula is C15H26N2O3. The summed E-state index contributed by atoms with van der Waals surface area (Å²) in [5, 5.41) is 12.5. The normalized spacial score (nSPS) is 36.0. The van der Waals surface area contributed by atoms with Gasteiger partial charge in [-0.2, -0.15) is 0 Å². The van der Waals surface area contributed by atoms with Gasteiger partial charge in [-0.3, -0.25) is 4.90 Å². The molecule has 0 spiro atoms. The van der Waals surface area contributed by atoms with E-state index in [0.717, 1.165) is 25.0 Å². The molecule has 3 unspecified atom stereocenters. The molecule has 1 saturated carbocycles. The van der Waals surface area contributed by atoms with E-state index in [-0.39, 0.29) is 17.7 Å². The molecule has 5 heteroatoms. The quantitative estimate of drug-likeness (QED) is 0.547. The number of amides is 1. The van der Waals surface area contributed by atoms with Gasteiger partial charge in [0.2, 0.25) is 0 Å². The minimum absolute atomic E-state index is 0.176. The van der Waals surface area contributed by atoms with Crippen LogP contribution >= 0.6 is 0 Å². The van der Waals surface area contributed by atoms with Crippen LogP contribution in [-0.4, -0.2) is 39.1 Å². The second-order valence-electron chi connectivity index (χ2n) is 7.43. The number of carbonyl (C=O) groups is 1. The van der Waals surface area contributed by atoms with Crippen LogP contribution in [0.15, 0.2) is 5.16 Å². The Morgan fingerprint density at radius 2 is 2.15 bits per heavy atom. The standard InChI is InChI=1S/C15H26N2O3/c1-10-11-6-7-12(16-19)9-15(5,8-11)17(10)13(18)20-14(2,3)4/h10-11,19H,6-9H2,1-5H3/b16-12-. The maximum absolute atomic E-state index is 12.5. The van der Waals surface area contributed by atoms with Crippen LogP contribution in [0.4, 0.5) is 4.79 Å². The topological polar surface area (TPSA) is 62.1 Å². The second-order valence-corrected chi connectivity index (χ2v) is 7.43. The van der Waals surface area contributed by atoms with E-state index in [2.05, 4.69) is 19.0 Å². The third-order valence-corrected chi connectivity index (χ3v) is 4.49. The van der Waals surface area contributed by atoms with Gasteiger partial charge in [0.1, 0.15) is 5.60 Å². The molecule has 0 aromatic rings. The van der Waals surface area contributed by atoms with E-state index >= 15 is 0 Å². The second kappa shape index (κ2) is 4.93. The lowest BCUT2D eigenvalue weighted by atomic mass is 9.91. The Labute approximate surface area is 121 Å². The molecule has 0 radical (unpaired) electrons. The molecule has 1 saturated heterocycles. The van der Waals surface area contributed by atoms with Crippen LogP contribution in [0.3, 0.4) is 0 Å². The molecule has 2 aliphatic rings. The number of nitrogens with zero attached hydrogens (tertiary/aromatic N) is 2. The summed E-state index contributed by atoms with van der Waals surface area (Å²) in [5.41, 5.74) is -0.00590. The minimum atomic E-state index is -0.492. The van der Waals surface area contributed by atoms with Crippen molar-refractivity contribution in [1.29, 1.82) is 0 Å². The van der Waals surface area contributed by atoms with Gasteiger partial charge in [0.05, 0.1) is 5.71 Å². The Balaban J connectivity index is 2.26. The molecule has 1 amide bonds. The maximum Gasteiger partial charge on any atom is 0.411 e. The predicted octanol–water partition coefficient (Wildman–Crippen LogP) is 3.40. The van der Waals surface area contributed by atoms with E-state index in [1.807, 2.05) is 25.7 Å². The first kappa shape index (κ1) is 15.1. The first-order valence-corrected chi connectivity index (χ1v) is 7.38. The summed E-state index contributed by atoms with van der Waals surface area (Å²) >= 11 is 0. The van der Waals surface area contributed by atoms with Crippen LogP contribution in [0, 0.1) is 5.92 Å². The Morgan fingerprint density at radius 3 is 2.70 bits per heavy atom. The molecule has 1 aliphatic heterocycles. The fourth-order valence-electron chi connectivity index (χ4n) is 3.70. The summed E-state index contributed by atoms with van der Waals surface area (Å²) in [6, 6.07) is 0.176. The Morgan fingerprint density at radius 1 is 1.50 bits per heavy atom. The number of oxime groups is 1. The average Bonchev–Trinajstić information content (AvgIpc) is 2.43. The number of ether oxygens (including phenoxy) is 1. The largest absolute Gasteiger partial charge is 0.444 e. The van der Waals surface area contributed by atoms with Gasteiger partial charge in [0.25, 0.3) is 0 Å². The zero-order chi connectivity index (χ0) is 15.1. The van der Waals surface area contributed by atoms with Crippen LogP contribution < -0.4 is 0 Å². The number of rotatable bonds is 0. The smallest absolute Gasteiger partial charge is 0.411 e. The first-order chi connectivity index (χ1) is 9.16. The van der Waals surface area contributed by atoms with Gasteiger partial charge in [0, 0.05) is 18.0 Å². The number of fused-ring (bicyclic) bond motifs is 2. The number of likely N-dealkylation sites (tertiary alicyclic amines) is 1. The minimum Gasteiger partial charge on any atom is -0.444 e. The van der Waals surface area contributed by atoms with Crippen molar-refractivity contribution in [3.8, 4) is 0 Å². The van der Waals surface area contributed by atoms with E-state index in [0.29, 0.717) is 12.3 Å². The SMILES string of the molecule is CC1C2CC/C(=N/O)CC(C)(C2)N1C(=O)OC(C)(C)C. The molecule has 0 aromatic heterocycles. The Kier molecular flexibility index (Phi) is 3.73. The lowest BCUT2D eigenvalue weighted by Crippen LogP contribution is -2.51. The third kappa shape index (κ3) is 2.76. The summed E-state index contributed by atoms with van der Waals surface area (Å²) < 4.78 is 5.56. The molecule has 5 nitrogen and oxygen atoms in total. The van der Waals surface area contributed by atoms with Crippen molar-refractivity contribution >= 4 is 11.8 Å². The lowest BCUT2D eigenvalue weighted by Gasteiger charge is -2.39. The average molecular weight is 282 g/mol. The summed E-state index contributed by atoms with van der Waals surface area (Å²) in [5.74, 6) is 0.451. The van der Waals surface area contributed by atoms with Crippen LogP contribution in [0.5, 0.6) is 0 Å². The third-order valence-electron chi connectivity index (χ3n) is 4.49. The molecule has 0 aromatic carbocycles. The zero-order valence-electron chi connectivity index (χ0n) is 13.1. The molecule has 2 bridgehead atoms. The molecule has 2 fully saturated rings. The van der Waals surface area contributed by atoms with E-state index in [4.69, 9.17) is 9.94 Å². The van der Waals surface area contributed by atoms with Crippen LogP contribution in [-0.2, 0) is 4.74 Å². The van der Waals surface area contributed by atoms with Gasteiger partial charge in [-0.25, -0.2) is 4.79 Å². The highest BCUT2D eigenvalue weighted by Gasteiger charge is 2.52. The van der Waals surface area contributed by atoms with E-state index < -0.39 is 5.60 Å². The van der Waals surface area contributed by atoms with Gasteiger partial charge in [-0.15, -0.1) is 0 Å². The van der Waals surface area contributed by atoms with Crippen molar-refractivity contribution in [3.63, 3.8) is 0 Å². The lowest BCUT2D eigenvalue weighted by molar-refractivity contribution is 0.00201. The highest BCUT2D eigenvalue weighted by molar-refractivity contribution is 5.86. The van der Waals surface area contributed by atoms with Gasteiger partial charge >= 0.3 is 6.09 Å². The molecule has 1 N–H and O–H groups in total. The highest BCUT2D eigenvalue weighted by Crippen LogP contribution is 2.45. The van der Waals surface area contributed by atoms with Crippen molar-refractivity contribution in [3.05, 3.63) is 0 Å². The van der Waals surface area contributed by atoms with Gasteiger partial charge in [0.15, 0.2) is 0 Å². The van der Waals surface area contributed by atoms with Gasteiger partial charge in [-0.1, -0.05) is 5.16 Å². The van der Waals surface area contributed by atoms with Crippen molar-refractivity contribution < 1.29 is 14.7 Å². The Hall–Kier alpha value is -1.26. The predicted molar refractivity (Wildman–Crippen MR) is 77.1 cm³/mol. The summed E-state index contributed by atoms with van der Waals surface area (Å²) in [4.78, 5) is 14.4. The molecule has 20 heavy (non-hydrogen) atoms. The van der Waals surface area contributed by atoms with E-state index in [1.165, 1.54) is 0 Å². The maximum atomic E-state index is 12.5. The van der Waals surface area contributed by atoms with Crippen molar-refractivity contribution in [2.24, 2.45) is 11.1 Å². The van der Waals surface area contributed by atoms with Crippen molar-refractivity contribution in [2.75, 3.05) is 0 Å². The fourth-order valence-corrected chi connectivity index (χ4v) is 3.70. The van der Waals surface area contributed by atoms with E-state index in [1.54, 1.807) is 0 Å². The monoisotopic (exact) mass is 282 g/mol. The number of hydrogen-bond acceptors (Lipinski definition) is 4. The van der Waals surface area contributed by atoms with Crippen LogP contribution in [0.1, 0.15) is 60.3 Å². The van der Waals surface area contributed by atoms with E-state index in [9.17, 15) is 4.79 Å².